The summed E-state index contributed by atoms with van der Waals surface area (Å²) < 4.78 is 68.3. The molecule has 2 saturated heterocycles. The van der Waals surface area contributed by atoms with Gasteiger partial charge in [0.2, 0.25) is 0 Å². The van der Waals surface area contributed by atoms with E-state index in [0.29, 0.717) is 13.2 Å². The van der Waals surface area contributed by atoms with Gasteiger partial charge in [-0.15, -0.1) is 0 Å². The normalized spacial score (nSPS) is 24.2. The van der Waals surface area contributed by atoms with Crippen molar-refractivity contribution in [2.75, 3.05) is 13.2 Å². The maximum Gasteiger partial charge on any atom is 0.187 e. The van der Waals surface area contributed by atoms with E-state index in [1.165, 1.54) is 0 Å². The van der Waals surface area contributed by atoms with Crippen LogP contribution in [0, 0.1) is 0 Å². The molecule has 0 bridgehead atoms. The Morgan fingerprint density at radius 2 is 0.556 bits per heavy atom. The van der Waals surface area contributed by atoms with E-state index in [2.05, 4.69) is 0 Å². The summed E-state index contributed by atoms with van der Waals surface area (Å²) in [6, 6.07) is 69.6. The van der Waals surface area contributed by atoms with E-state index < -0.39 is 61.4 Å². The summed E-state index contributed by atoms with van der Waals surface area (Å²) in [7, 11) is 0. The van der Waals surface area contributed by atoms with E-state index >= 15 is 0 Å². The van der Waals surface area contributed by atoms with Crippen LogP contribution >= 0.6 is 0 Å². The Kier molecular flexibility index (Phi) is 19.3. The predicted molar refractivity (Wildman–Crippen MR) is 272 cm³/mol. The van der Waals surface area contributed by atoms with Gasteiger partial charge in [-0.3, -0.25) is 0 Å². The molecule has 7 aromatic rings. The van der Waals surface area contributed by atoms with E-state index in [0.717, 1.165) is 38.9 Å². The monoisotopic (exact) mass is 972 g/mol. The zero-order valence-corrected chi connectivity index (χ0v) is 40.4. The number of benzene rings is 7. The molecule has 374 valence electrons. The lowest BCUT2D eigenvalue weighted by Crippen LogP contribution is -2.66. The fourth-order valence-electron chi connectivity index (χ4n) is 8.98. The van der Waals surface area contributed by atoms with E-state index in [1.807, 2.05) is 212 Å². The van der Waals surface area contributed by atoms with E-state index in [1.54, 1.807) is 0 Å². The van der Waals surface area contributed by atoms with Gasteiger partial charge in [0.05, 0.1) is 59.5 Å². The van der Waals surface area contributed by atoms with Crippen LogP contribution in [-0.2, 0) is 93.6 Å². The Morgan fingerprint density at radius 1 is 0.292 bits per heavy atom. The first-order chi connectivity index (χ1) is 35.6. The lowest BCUT2D eigenvalue weighted by molar-refractivity contribution is -0.379. The van der Waals surface area contributed by atoms with Crippen molar-refractivity contribution in [1.29, 1.82) is 0 Å². The smallest absolute Gasteiger partial charge is 0.187 e. The molecule has 72 heavy (non-hydrogen) atoms. The molecule has 1 unspecified atom stereocenters. The molecule has 2 aliphatic rings. The first-order valence-corrected chi connectivity index (χ1v) is 24.8. The fraction of sp³-hybridized carbons (Fsp3) is 0.311. The Balaban J connectivity index is 1.07. The molecule has 0 aromatic heterocycles. The van der Waals surface area contributed by atoms with Gasteiger partial charge in [0, 0.05) is 0 Å². The van der Waals surface area contributed by atoms with Crippen molar-refractivity contribution in [2.24, 2.45) is 0 Å². The van der Waals surface area contributed by atoms with Gasteiger partial charge in [0.25, 0.3) is 0 Å². The molecule has 0 amide bonds. The van der Waals surface area contributed by atoms with E-state index in [9.17, 15) is 5.11 Å². The molecule has 11 nitrogen and oxygen atoms in total. The summed E-state index contributed by atoms with van der Waals surface area (Å²) in [5.41, 5.74) is 6.77. The molecule has 1 N–H and O–H groups in total. The highest BCUT2D eigenvalue weighted by Crippen LogP contribution is 2.36. The molecule has 2 fully saturated rings. The number of aliphatic hydroxyl groups is 1. The molecule has 0 radical (unpaired) electrons. The van der Waals surface area contributed by atoms with Crippen molar-refractivity contribution >= 4 is 0 Å². The minimum atomic E-state index is -1.52. The topological polar surface area (TPSA) is 113 Å². The van der Waals surface area contributed by atoms with Crippen molar-refractivity contribution in [3.8, 4) is 0 Å². The van der Waals surface area contributed by atoms with Crippen molar-refractivity contribution in [2.45, 2.75) is 108 Å². The minimum absolute atomic E-state index is 0.0999. The van der Waals surface area contributed by atoms with E-state index in [4.69, 9.17) is 47.4 Å². The van der Waals surface area contributed by atoms with Crippen molar-refractivity contribution in [3.05, 3.63) is 251 Å². The van der Waals surface area contributed by atoms with Crippen LogP contribution in [0.2, 0.25) is 0 Å². The molecule has 2 aliphatic heterocycles. The van der Waals surface area contributed by atoms with Crippen LogP contribution in [0.1, 0.15) is 38.9 Å². The molecule has 0 aliphatic carbocycles. The lowest BCUT2D eigenvalue weighted by atomic mass is 9.96. The Labute approximate surface area is 423 Å². The molecule has 10 atom stereocenters. The van der Waals surface area contributed by atoms with Crippen molar-refractivity contribution in [3.63, 3.8) is 0 Å². The quantitative estimate of drug-likeness (QED) is 0.0591. The van der Waals surface area contributed by atoms with Crippen LogP contribution in [0.3, 0.4) is 0 Å². The first kappa shape index (κ1) is 51.0. The van der Waals surface area contributed by atoms with Gasteiger partial charge in [0.1, 0.15) is 48.8 Å². The van der Waals surface area contributed by atoms with Gasteiger partial charge in [-0.2, -0.15) is 0 Å². The summed E-state index contributed by atoms with van der Waals surface area (Å²) in [4.78, 5) is 0. The highest BCUT2D eigenvalue weighted by atomic mass is 16.8. The number of hydrogen-bond acceptors (Lipinski definition) is 11. The second-order valence-electron chi connectivity index (χ2n) is 18.0. The first-order valence-electron chi connectivity index (χ1n) is 24.8. The van der Waals surface area contributed by atoms with E-state index in [-0.39, 0.29) is 46.2 Å². The number of ether oxygens (including phenoxy) is 10. The predicted octanol–water partition coefficient (Wildman–Crippen LogP) is 10.2. The van der Waals surface area contributed by atoms with Gasteiger partial charge in [-0.05, 0) is 38.9 Å². The highest BCUT2D eigenvalue weighted by molar-refractivity contribution is 5.19. The highest BCUT2D eigenvalue weighted by Gasteiger charge is 2.54. The molecular weight excluding hydrogens is 909 g/mol. The molecule has 11 heteroatoms. The second-order valence-corrected chi connectivity index (χ2v) is 18.0. The molecule has 9 rings (SSSR count). The van der Waals surface area contributed by atoms with Gasteiger partial charge in [0.15, 0.2) is 12.6 Å². The van der Waals surface area contributed by atoms with Crippen molar-refractivity contribution in [1.82, 2.24) is 0 Å². The van der Waals surface area contributed by atoms with Crippen LogP contribution in [-0.4, -0.2) is 79.7 Å². The summed E-state index contributed by atoms with van der Waals surface area (Å²) in [6.45, 7) is 2.01. The van der Waals surface area contributed by atoms with Crippen molar-refractivity contribution < 1.29 is 52.5 Å². The number of aliphatic hydroxyl groups excluding tert-OH is 1. The lowest BCUT2D eigenvalue weighted by Gasteiger charge is -2.49. The maximum atomic E-state index is 12.3. The SMILES string of the molecule is OC1O[C@H](COCc2ccccc2)[C@@H](OCc2ccccc2)[C@H](OCc2ccccc2)[C@@H]1O[C@H]1O[C@H](COCc2ccccc2)[C@@H](OCc2ccccc2)[C@H](OCc2ccccc2)[C@@H]1OCc1ccccc1. The van der Waals surface area contributed by atoms with Gasteiger partial charge >= 0.3 is 0 Å². The average molecular weight is 973 g/mol. The molecule has 7 aromatic carbocycles. The zero-order chi connectivity index (χ0) is 49.0. The van der Waals surface area contributed by atoms with Gasteiger partial charge < -0.3 is 52.5 Å². The number of hydrogen-bond donors (Lipinski definition) is 1. The fourth-order valence-corrected chi connectivity index (χ4v) is 8.98. The largest absolute Gasteiger partial charge is 0.374 e. The van der Waals surface area contributed by atoms with Gasteiger partial charge in [-0.25, -0.2) is 0 Å². The Hall–Kier alpha value is -5.90. The molecule has 0 saturated carbocycles. The molecule has 2 heterocycles. The van der Waals surface area contributed by atoms with Crippen LogP contribution in [0.15, 0.2) is 212 Å². The Morgan fingerprint density at radius 3 is 0.889 bits per heavy atom. The zero-order valence-electron chi connectivity index (χ0n) is 40.4. The third-order valence-corrected chi connectivity index (χ3v) is 12.7. The Bertz CT molecular complexity index is 2550. The number of rotatable bonds is 25. The minimum Gasteiger partial charge on any atom is -0.374 e. The summed E-state index contributed by atoms with van der Waals surface area (Å²) in [5, 5.41) is 12.3. The van der Waals surface area contributed by atoms with Crippen LogP contribution in [0.25, 0.3) is 0 Å². The average Bonchev–Trinajstić information content (AvgIpc) is 3.43. The van der Waals surface area contributed by atoms with Crippen LogP contribution < -0.4 is 0 Å². The molecule has 0 spiro atoms. The maximum absolute atomic E-state index is 12.3. The summed E-state index contributed by atoms with van der Waals surface area (Å²) >= 11 is 0. The van der Waals surface area contributed by atoms with Gasteiger partial charge in [-0.1, -0.05) is 212 Å². The standard InChI is InChI=1S/C61H64O11/c62-60-58(56(67-40-49-30-16-5-17-31-49)54(65-38-47-26-12-3-13-27-47)52(70-60)43-63-36-45-22-8-1-9-23-45)72-61-59(69-42-51-34-20-7-21-35-51)57(68-41-50-32-18-6-19-33-50)55(66-39-48-28-14-4-15-29-48)53(71-61)44-64-37-46-24-10-2-11-25-46/h1-35,52-62H,36-44H2/t52-,53-,54-,55-,56+,57+,58+,59+,60?,61-/m1/s1. The van der Waals surface area contributed by atoms with Crippen LogP contribution in [0.5, 0.6) is 0 Å². The molecular formula is C61H64O11. The summed E-state index contributed by atoms with van der Waals surface area (Å²) in [5.74, 6) is 0. The second kappa shape index (κ2) is 27.2. The van der Waals surface area contributed by atoms with Crippen LogP contribution in [0.4, 0.5) is 0 Å². The third kappa shape index (κ3) is 14.8. The third-order valence-electron chi connectivity index (χ3n) is 12.7. The summed E-state index contributed by atoms with van der Waals surface area (Å²) in [6.07, 6.45) is -9.48.